The largest absolute Gasteiger partial charge is 0.416 e. The number of halogens is 6. The number of carbonyl (C=O) groups excluding carboxylic acids is 1. The molecule has 2 heterocycles. The van der Waals surface area contributed by atoms with Crippen LogP contribution in [-0.4, -0.2) is 21.6 Å². The van der Waals surface area contributed by atoms with E-state index in [0.29, 0.717) is 22.2 Å². The number of alkyl halides is 6. The Kier molecular flexibility index (Phi) is 5.78. The number of pyridine rings is 1. The highest BCUT2D eigenvalue weighted by molar-refractivity contribution is 5.81. The molecule has 3 rings (SSSR count). The lowest BCUT2D eigenvalue weighted by molar-refractivity contribution is -0.140. The second-order valence-electron chi connectivity index (χ2n) is 6.89. The molecule has 10 heteroatoms. The Bertz CT molecular complexity index is 1040. The van der Waals surface area contributed by atoms with Crippen molar-refractivity contribution in [3.63, 3.8) is 0 Å². The van der Waals surface area contributed by atoms with Crippen LogP contribution in [0.2, 0.25) is 0 Å². The smallest absolute Gasteiger partial charge is 0.348 e. The molecule has 1 amide bonds. The van der Waals surface area contributed by atoms with Crippen molar-refractivity contribution in [3.05, 3.63) is 65.6 Å². The minimum Gasteiger partial charge on any atom is -0.348 e. The normalized spacial score (nSPS) is 13.4. The van der Waals surface area contributed by atoms with Crippen molar-refractivity contribution in [2.75, 3.05) is 0 Å². The molecule has 2 aromatic heterocycles. The Morgan fingerprint density at radius 2 is 1.77 bits per heavy atom. The number of nitrogens with one attached hydrogen (secondary N) is 1. The van der Waals surface area contributed by atoms with E-state index in [2.05, 4.69) is 10.3 Å². The fraction of sp³-hybridized carbons (Fsp3) is 0.300. The van der Waals surface area contributed by atoms with Crippen LogP contribution in [0.15, 0.2) is 48.8 Å². The van der Waals surface area contributed by atoms with Crippen LogP contribution < -0.4 is 5.32 Å². The molecule has 0 spiro atoms. The highest BCUT2D eigenvalue weighted by Crippen LogP contribution is 2.29. The highest BCUT2D eigenvalue weighted by atomic mass is 19.4. The maximum Gasteiger partial charge on any atom is 0.416 e. The van der Waals surface area contributed by atoms with E-state index in [-0.39, 0.29) is 6.42 Å². The zero-order valence-electron chi connectivity index (χ0n) is 15.7. The van der Waals surface area contributed by atoms with Crippen molar-refractivity contribution >= 4 is 16.8 Å². The Morgan fingerprint density at radius 1 is 1.10 bits per heavy atom. The molecule has 0 aliphatic rings. The average molecular weight is 429 g/mol. The molecule has 30 heavy (non-hydrogen) atoms. The quantitative estimate of drug-likeness (QED) is 0.578. The third kappa shape index (κ3) is 5.31. The van der Waals surface area contributed by atoms with E-state index in [0.717, 1.165) is 16.7 Å². The molecule has 1 aromatic carbocycles. The Labute approximate surface area is 167 Å². The van der Waals surface area contributed by atoms with Crippen LogP contribution in [0.1, 0.15) is 29.8 Å². The minimum absolute atomic E-state index is 0.118. The van der Waals surface area contributed by atoms with Gasteiger partial charge in [0.2, 0.25) is 5.91 Å². The van der Waals surface area contributed by atoms with E-state index in [9.17, 15) is 31.1 Å². The SMILES string of the molecule is C[C@@H](NC(=O)Cc1ccc(C(F)(F)F)cc1)c1cc2ccn(CC(F)(F)F)c2cn1. The molecule has 160 valence electrons. The number of benzene rings is 1. The van der Waals surface area contributed by atoms with E-state index in [1.165, 1.54) is 30.6 Å². The van der Waals surface area contributed by atoms with Gasteiger partial charge < -0.3 is 9.88 Å². The van der Waals surface area contributed by atoms with E-state index in [1.807, 2.05) is 0 Å². The maximum absolute atomic E-state index is 12.6. The first kappa shape index (κ1) is 21.7. The summed E-state index contributed by atoms with van der Waals surface area (Å²) in [5.74, 6) is -0.418. The molecule has 0 saturated carbocycles. The van der Waals surface area contributed by atoms with Crippen LogP contribution in [0.4, 0.5) is 26.3 Å². The van der Waals surface area contributed by atoms with Crippen molar-refractivity contribution in [2.45, 2.75) is 38.3 Å². The van der Waals surface area contributed by atoms with E-state index >= 15 is 0 Å². The zero-order chi connectivity index (χ0) is 22.1. The first-order valence-electron chi connectivity index (χ1n) is 8.89. The Morgan fingerprint density at radius 3 is 2.37 bits per heavy atom. The monoisotopic (exact) mass is 429 g/mol. The van der Waals surface area contributed by atoms with Crippen LogP contribution in [-0.2, 0) is 23.9 Å². The topological polar surface area (TPSA) is 46.9 Å². The van der Waals surface area contributed by atoms with Gasteiger partial charge in [0.05, 0.1) is 35.4 Å². The summed E-state index contributed by atoms with van der Waals surface area (Å²) < 4.78 is 76.7. The average Bonchev–Trinajstić information content (AvgIpc) is 3.01. The summed E-state index contributed by atoms with van der Waals surface area (Å²) in [6.07, 6.45) is -6.29. The van der Waals surface area contributed by atoms with Gasteiger partial charge in [-0.1, -0.05) is 12.1 Å². The molecule has 0 unspecified atom stereocenters. The molecule has 0 bridgehead atoms. The summed E-state index contributed by atoms with van der Waals surface area (Å²) in [5.41, 5.74) is 0.391. The summed E-state index contributed by atoms with van der Waals surface area (Å²) >= 11 is 0. The van der Waals surface area contributed by atoms with Crippen molar-refractivity contribution in [2.24, 2.45) is 0 Å². The number of nitrogens with zero attached hydrogens (tertiary/aromatic N) is 2. The number of carbonyl (C=O) groups is 1. The first-order valence-corrected chi connectivity index (χ1v) is 8.89. The molecule has 4 nitrogen and oxygen atoms in total. The molecular formula is C20H17F6N3O. The van der Waals surface area contributed by atoms with E-state index in [1.54, 1.807) is 13.0 Å². The van der Waals surface area contributed by atoms with Gasteiger partial charge in [0.15, 0.2) is 0 Å². The number of rotatable bonds is 5. The third-order valence-corrected chi connectivity index (χ3v) is 4.50. The lowest BCUT2D eigenvalue weighted by atomic mass is 10.1. The highest BCUT2D eigenvalue weighted by Gasteiger charge is 2.30. The van der Waals surface area contributed by atoms with Crippen molar-refractivity contribution < 1.29 is 31.1 Å². The second-order valence-corrected chi connectivity index (χ2v) is 6.89. The third-order valence-electron chi connectivity index (χ3n) is 4.50. The molecule has 0 radical (unpaired) electrons. The molecule has 0 saturated heterocycles. The van der Waals surface area contributed by atoms with Gasteiger partial charge in [0.1, 0.15) is 6.54 Å². The molecule has 0 fully saturated rings. The molecule has 1 N–H and O–H groups in total. The zero-order valence-corrected chi connectivity index (χ0v) is 15.7. The van der Waals surface area contributed by atoms with Gasteiger partial charge in [-0.15, -0.1) is 0 Å². The molecule has 3 aromatic rings. The number of hydrogen-bond donors (Lipinski definition) is 1. The van der Waals surface area contributed by atoms with Gasteiger partial charge >= 0.3 is 12.4 Å². The predicted octanol–water partition coefficient (Wildman–Crippen LogP) is 5.04. The fourth-order valence-electron chi connectivity index (χ4n) is 3.04. The number of fused-ring (bicyclic) bond motifs is 1. The summed E-state index contributed by atoms with van der Waals surface area (Å²) in [6.45, 7) is 0.530. The van der Waals surface area contributed by atoms with Crippen LogP contribution >= 0.6 is 0 Å². The number of amides is 1. The summed E-state index contributed by atoms with van der Waals surface area (Å²) in [7, 11) is 0. The van der Waals surface area contributed by atoms with Gasteiger partial charge in [-0.05, 0) is 36.8 Å². The van der Waals surface area contributed by atoms with Crippen LogP contribution in [0.3, 0.4) is 0 Å². The van der Waals surface area contributed by atoms with Crippen molar-refractivity contribution in [3.8, 4) is 0 Å². The second kappa shape index (κ2) is 8.00. The molecule has 0 aliphatic carbocycles. The fourth-order valence-corrected chi connectivity index (χ4v) is 3.04. The summed E-state index contributed by atoms with van der Waals surface area (Å²) in [6, 6.07) is 6.87. The van der Waals surface area contributed by atoms with Crippen LogP contribution in [0.5, 0.6) is 0 Å². The van der Waals surface area contributed by atoms with Gasteiger partial charge in [0.25, 0.3) is 0 Å². The van der Waals surface area contributed by atoms with Gasteiger partial charge in [-0.2, -0.15) is 26.3 Å². The van der Waals surface area contributed by atoms with Gasteiger partial charge in [-0.25, -0.2) is 0 Å². The lowest BCUT2D eigenvalue weighted by Gasteiger charge is -2.14. The van der Waals surface area contributed by atoms with Crippen LogP contribution in [0, 0.1) is 0 Å². The van der Waals surface area contributed by atoms with Crippen molar-refractivity contribution in [1.29, 1.82) is 0 Å². The minimum atomic E-state index is -4.45. The van der Waals surface area contributed by atoms with Gasteiger partial charge in [0, 0.05) is 11.6 Å². The number of hydrogen-bond acceptors (Lipinski definition) is 2. The molecule has 1 atom stereocenters. The van der Waals surface area contributed by atoms with E-state index in [4.69, 9.17) is 0 Å². The van der Waals surface area contributed by atoms with Crippen molar-refractivity contribution in [1.82, 2.24) is 14.9 Å². The summed E-state index contributed by atoms with van der Waals surface area (Å²) in [5, 5.41) is 3.24. The van der Waals surface area contributed by atoms with Gasteiger partial charge in [-0.3, -0.25) is 9.78 Å². The molecular weight excluding hydrogens is 412 g/mol. The van der Waals surface area contributed by atoms with Crippen LogP contribution in [0.25, 0.3) is 10.9 Å². The lowest BCUT2D eigenvalue weighted by Crippen LogP contribution is -2.28. The Balaban J connectivity index is 1.65. The van der Waals surface area contributed by atoms with E-state index < -0.39 is 36.4 Å². The number of aromatic nitrogens is 2. The first-order chi connectivity index (χ1) is 13.9. The predicted molar refractivity (Wildman–Crippen MR) is 97.5 cm³/mol. The standard InChI is InChI=1S/C20H17F6N3O/c1-12(28-18(30)8-13-2-4-15(5-3-13)20(24,25)26)16-9-14-6-7-29(11-19(21,22)23)17(14)10-27-16/h2-7,9-10,12H,8,11H2,1H3,(H,28,30)/t12-/m1/s1. The Hall–Kier alpha value is -3.04. The maximum atomic E-state index is 12.6. The summed E-state index contributed by atoms with van der Waals surface area (Å²) in [4.78, 5) is 16.4. The molecule has 0 aliphatic heterocycles.